The second kappa shape index (κ2) is 7.91. The standard InChI is InChI=1S/C20H17NO3S/c1-2-12-24-17-10-8-15(9-11-17)13-18-19(22)21(20(23)25-18)14-16-6-4-3-5-7-16/h1,3-11,18H,12-14H2/t18-/m1/s1. The summed E-state index contributed by atoms with van der Waals surface area (Å²) in [5, 5.41) is -0.568. The molecule has 2 amide bonds. The Balaban J connectivity index is 1.63. The van der Waals surface area contributed by atoms with Crippen LogP contribution < -0.4 is 4.74 Å². The van der Waals surface area contributed by atoms with Crippen molar-refractivity contribution in [3.63, 3.8) is 0 Å². The lowest BCUT2D eigenvalue weighted by atomic mass is 10.1. The van der Waals surface area contributed by atoms with E-state index in [9.17, 15) is 9.59 Å². The summed E-state index contributed by atoms with van der Waals surface area (Å²) in [5.41, 5.74) is 1.92. The van der Waals surface area contributed by atoms with E-state index < -0.39 is 0 Å². The van der Waals surface area contributed by atoms with Crippen molar-refractivity contribution in [3.05, 3.63) is 65.7 Å². The number of imide groups is 1. The number of hydrogen-bond donors (Lipinski definition) is 0. The fraction of sp³-hybridized carbons (Fsp3) is 0.200. The number of benzene rings is 2. The zero-order valence-electron chi connectivity index (χ0n) is 13.6. The molecule has 1 heterocycles. The fourth-order valence-corrected chi connectivity index (χ4v) is 3.63. The molecule has 1 fully saturated rings. The van der Waals surface area contributed by atoms with E-state index in [1.807, 2.05) is 54.6 Å². The number of carbonyl (C=O) groups excluding carboxylic acids is 2. The number of carbonyl (C=O) groups is 2. The summed E-state index contributed by atoms with van der Waals surface area (Å²) in [4.78, 5) is 26.1. The zero-order valence-corrected chi connectivity index (χ0v) is 14.4. The molecular weight excluding hydrogens is 334 g/mol. The van der Waals surface area contributed by atoms with Crippen LogP contribution in [0.1, 0.15) is 11.1 Å². The summed E-state index contributed by atoms with van der Waals surface area (Å²) in [5.74, 6) is 2.97. The number of hydrogen-bond acceptors (Lipinski definition) is 4. The van der Waals surface area contributed by atoms with Gasteiger partial charge in [-0.25, -0.2) is 0 Å². The second-order valence-electron chi connectivity index (χ2n) is 5.62. The van der Waals surface area contributed by atoms with Gasteiger partial charge in [0.2, 0.25) is 5.91 Å². The summed E-state index contributed by atoms with van der Waals surface area (Å²) in [6.45, 7) is 0.542. The van der Waals surface area contributed by atoms with Crippen molar-refractivity contribution in [2.75, 3.05) is 6.61 Å². The Morgan fingerprint density at radius 1 is 1.04 bits per heavy atom. The molecule has 25 heavy (non-hydrogen) atoms. The summed E-state index contributed by atoms with van der Waals surface area (Å²) >= 11 is 1.09. The van der Waals surface area contributed by atoms with Crippen LogP contribution in [0.3, 0.4) is 0 Å². The van der Waals surface area contributed by atoms with Crippen LogP contribution in [0.4, 0.5) is 4.79 Å². The summed E-state index contributed by atoms with van der Waals surface area (Å²) in [6.07, 6.45) is 5.67. The fourth-order valence-electron chi connectivity index (χ4n) is 2.60. The summed E-state index contributed by atoms with van der Waals surface area (Å²) < 4.78 is 5.33. The van der Waals surface area contributed by atoms with E-state index in [4.69, 9.17) is 11.2 Å². The van der Waals surface area contributed by atoms with Gasteiger partial charge in [0.05, 0.1) is 11.8 Å². The van der Waals surface area contributed by atoms with Crippen LogP contribution in [0.5, 0.6) is 5.75 Å². The molecule has 1 aliphatic heterocycles. The van der Waals surface area contributed by atoms with Gasteiger partial charge in [0.15, 0.2) is 0 Å². The molecule has 0 aromatic heterocycles. The largest absolute Gasteiger partial charge is 0.481 e. The van der Waals surface area contributed by atoms with E-state index >= 15 is 0 Å². The third kappa shape index (κ3) is 4.23. The molecule has 126 valence electrons. The maximum Gasteiger partial charge on any atom is 0.289 e. The minimum atomic E-state index is -0.381. The predicted octanol–water partition coefficient (Wildman–Crippen LogP) is 3.51. The van der Waals surface area contributed by atoms with Crippen LogP contribution in [-0.2, 0) is 17.8 Å². The lowest BCUT2D eigenvalue weighted by molar-refractivity contribution is -0.127. The van der Waals surface area contributed by atoms with Crippen LogP contribution >= 0.6 is 11.8 Å². The first-order chi connectivity index (χ1) is 12.2. The first-order valence-electron chi connectivity index (χ1n) is 7.88. The maximum atomic E-state index is 12.6. The van der Waals surface area contributed by atoms with Gasteiger partial charge in [0, 0.05) is 0 Å². The van der Waals surface area contributed by atoms with E-state index in [0.717, 1.165) is 22.9 Å². The van der Waals surface area contributed by atoms with Crippen LogP contribution in [0.2, 0.25) is 0 Å². The molecule has 0 unspecified atom stereocenters. The number of amides is 2. The van der Waals surface area contributed by atoms with Crippen LogP contribution in [0.25, 0.3) is 0 Å². The molecule has 1 saturated heterocycles. The van der Waals surface area contributed by atoms with Crippen molar-refractivity contribution < 1.29 is 14.3 Å². The molecule has 2 aromatic rings. The van der Waals surface area contributed by atoms with E-state index in [-0.39, 0.29) is 23.0 Å². The van der Waals surface area contributed by atoms with Crippen molar-refractivity contribution in [2.24, 2.45) is 0 Å². The number of thioether (sulfide) groups is 1. The Labute approximate surface area is 151 Å². The lowest BCUT2D eigenvalue weighted by Crippen LogP contribution is -2.31. The molecule has 1 aliphatic rings. The molecule has 0 radical (unpaired) electrons. The molecule has 5 heteroatoms. The van der Waals surface area contributed by atoms with Crippen molar-refractivity contribution >= 4 is 22.9 Å². The Kier molecular flexibility index (Phi) is 5.42. The van der Waals surface area contributed by atoms with Gasteiger partial charge in [0.1, 0.15) is 12.4 Å². The van der Waals surface area contributed by atoms with Gasteiger partial charge < -0.3 is 4.74 Å². The van der Waals surface area contributed by atoms with Gasteiger partial charge in [-0.05, 0) is 29.7 Å². The summed E-state index contributed by atoms with van der Waals surface area (Å²) in [6, 6.07) is 16.9. The Morgan fingerprint density at radius 2 is 1.76 bits per heavy atom. The van der Waals surface area contributed by atoms with Crippen LogP contribution in [-0.4, -0.2) is 27.9 Å². The highest BCUT2D eigenvalue weighted by molar-refractivity contribution is 8.15. The summed E-state index contributed by atoms with van der Waals surface area (Å²) in [7, 11) is 0. The van der Waals surface area contributed by atoms with Crippen molar-refractivity contribution in [1.29, 1.82) is 0 Å². The number of rotatable bonds is 6. The topological polar surface area (TPSA) is 46.6 Å². The first kappa shape index (κ1) is 17.1. The third-order valence-corrected chi connectivity index (χ3v) is 4.93. The van der Waals surface area contributed by atoms with Gasteiger partial charge in [-0.15, -0.1) is 6.42 Å². The molecule has 0 saturated carbocycles. The van der Waals surface area contributed by atoms with E-state index in [1.54, 1.807) is 0 Å². The highest BCUT2D eigenvalue weighted by atomic mass is 32.2. The Hall–Kier alpha value is -2.71. The van der Waals surface area contributed by atoms with E-state index in [1.165, 1.54) is 4.90 Å². The number of ether oxygens (including phenoxy) is 1. The average Bonchev–Trinajstić information content (AvgIpc) is 2.89. The monoisotopic (exact) mass is 351 g/mol. The van der Waals surface area contributed by atoms with Gasteiger partial charge in [-0.1, -0.05) is 60.1 Å². The average molecular weight is 351 g/mol. The maximum absolute atomic E-state index is 12.6. The Bertz CT molecular complexity index is 796. The molecule has 2 aromatic carbocycles. The molecule has 3 rings (SSSR count). The second-order valence-corrected chi connectivity index (χ2v) is 6.78. The smallest absolute Gasteiger partial charge is 0.289 e. The zero-order chi connectivity index (χ0) is 17.6. The van der Waals surface area contributed by atoms with E-state index in [2.05, 4.69) is 5.92 Å². The van der Waals surface area contributed by atoms with Gasteiger partial charge >= 0.3 is 0 Å². The van der Waals surface area contributed by atoms with E-state index in [0.29, 0.717) is 18.7 Å². The molecule has 4 nitrogen and oxygen atoms in total. The number of nitrogens with zero attached hydrogens (tertiary/aromatic N) is 1. The Morgan fingerprint density at radius 3 is 2.44 bits per heavy atom. The van der Waals surface area contributed by atoms with Gasteiger partial charge in [-0.3, -0.25) is 14.5 Å². The quantitative estimate of drug-likeness (QED) is 0.747. The predicted molar refractivity (Wildman–Crippen MR) is 98.2 cm³/mol. The normalized spacial score (nSPS) is 16.8. The molecular formula is C20H17NO3S. The van der Waals surface area contributed by atoms with Crippen LogP contribution in [0.15, 0.2) is 54.6 Å². The number of terminal acetylenes is 1. The molecule has 0 bridgehead atoms. The SMILES string of the molecule is C#CCOc1ccc(C[C@H]2SC(=O)N(Cc3ccccc3)C2=O)cc1. The molecule has 0 spiro atoms. The molecule has 0 N–H and O–H groups in total. The molecule has 1 atom stereocenters. The van der Waals surface area contributed by atoms with Crippen molar-refractivity contribution in [1.82, 2.24) is 4.90 Å². The van der Waals surface area contributed by atoms with Crippen LogP contribution in [0, 0.1) is 12.3 Å². The third-order valence-electron chi connectivity index (χ3n) is 3.86. The highest BCUT2D eigenvalue weighted by Crippen LogP contribution is 2.31. The van der Waals surface area contributed by atoms with Gasteiger partial charge in [0.25, 0.3) is 5.24 Å². The minimum absolute atomic E-state index is 0.133. The molecule has 0 aliphatic carbocycles. The van der Waals surface area contributed by atoms with Gasteiger partial charge in [-0.2, -0.15) is 0 Å². The lowest BCUT2D eigenvalue weighted by Gasteiger charge is -2.14. The minimum Gasteiger partial charge on any atom is -0.481 e. The highest BCUT2D eigenvalue weighted by Gasteiger charge is 2.39. The van der Waals surface area contributed by atoms with Crippen molar-refractivity contribution in [3.8, 4) is 18.1 Å². The first-order valence-corrected chi connectivity index (χ1v) is 8.76. The van der Waals surface area contributed by atoms with Crippen molar-refractivity contribution in [2.45, 2.75) is 18.2 Å².